The molecule has 1 aliphatic carbocycles. The highest BCUT2D eigenvalue weighted by Gasteiger charge is 2.47. The molecule has 7 aromatic carbocycles. The summed E-state index contributed by atoms with van der Waals surface area (Å²) in [6.45, 7) is 4.35. The minimum Gasteiger partial charge on any atom is -0.472 e. The molecule has 1 nitrogen and oxygen atoms in total. The molecule has 9 rings (SSSR count). The van der Waals surface area contributed by atoms with E-state index in [1.807, 2.05) is 36.4 Å². The summed E-state index contributed by atoms with van der Waals surface area (Å²) in [7, 11) is 0. The Balaban J connectivity index is 1.24. The molecule has 1 aliphatic heterocycles. The van der Waals surface area contributed by atoms with Crippen LogP contribution in [0.25, 0.3) is 50.2 Å². The number of rotatable bonds is 6. The number of ether oxygens (including phenoxy) is 1. The minimum absolute atomic E-state index is 0.248. The van der Waals surface area contributed by atoms with E-state index in [1.54, 1.807) is 12.1 Å². The summed E-state index contributed by atoms with van der Waals surface area (Å²) in [6, 6.07) is 47.9. The predicted octanol–water partition coefficient (Wildman–Crippen LogP) is 12.9. The van der Waals surface area contributed by atoms with Crippen LogP contribution in [0.3, 0.4) is 0 Å². The normalized spacial score (nSPS) is 16.7. The van der Waals surface area contributed by atoms with Crippen LogP contribution < -0.4 is 4.74 Å². The fourth-order valence-corrected chi connectivity index (χ4v) is 8.72. The van der Waals surface area contributed by atoms with Crippen LogP contribution in [0.4, 0.5) is 8.78 Å². The number of fused-ring (bicyclic) bond motifs is 8. The largest absolute Gasteiger partial charge is 0.472 e. The zero-order valence-electron chi connectivity index (χ0n) is 28.6. The van der Waals surface area contributed by atoms with Crippen LogP contribution in [-0.2, 0) is 11.0 Å². The quantitative estimate of drug-likeness (QED) is 0.172. The number of hydrogen-bond donors (Lipinski definition) is 0. The standard InChI is InChI=1S/C48H36F2O/c1-3-47(4-2)43-30-38(50)23-25-40(43)44-39-24-22-37(49)29-42(39)46-41(45(44)47)26-27-48(51-46,35-16-9-6-10-17-35)36-20-18-32(19-21-36)34-15-11-14-33(28-34)31-12-7-5-8-13-31/h5-30H,3-4H2,1-2H3. The molecule has 0 aromatic heterocycles. The Bertz CT molecular complexity index is 2480. The van der Waals surface area contributed by atoms with Crippen LogP contribution in [-0.4, -0.2) is 0 Å². The summed E-state index contributed by atoms with van der Waals surface area (Å²) >= 11 is 0. The molecule has 0 N–H and O–H groups in total. The van der Waals surface area contributed by atoms with Gasteiger partial charge in [0.2, 0.25) is 0 Å². The van der Waals surface area contributed by atoms with E-state index in [0.29, 0.717) is 11.1 Å². The lowest BCUT2D eigenvalue weighted by molar-refractivity contribution is 0.163. The zero-order chi connectivity index (χ0) is 34.7. The van der Waals surface area contributed by atoms with Crippen LogP contribution in [0, 0.1) is 11.6 Å². The van der Waals surface area contributed by atoms with E-state index >= 15 is 4.39 Å². The summed E-state index contributed by atoms with van der Waals surface area (Å²) in [5.41, 5.74) is 10.2. The van der Waals surface area contributed by atoms with Gasteiger partial charge < -0.3 is 4.74 Å². The van der Waals surface area contributed by atoms with Crippen molar-refractivity contribution in [2.45, 2.75) is 37.7 Å². The first kappa shape index (κ1) is 31.2. The molecule has 0 bridgehead atoms. The SMILES string of the molecule is CCC1(CC)c2cc(F)ccc2-c2c1c1c(c3cc(F)ccc23)OC(c2ccccc2)(c2ccc(-c3cccc(-c4ccccc4)c3)cc2)C=C1. The van der Waals surface area contributed by atoms with E-state index < -0.39 is 11.0 Å². The molecule has 0 spiro atoms. The van der Waals surface area contributed by atoms with Crippen molar-refractivity contribution in [2.24, 2.45) is 0 Å². The summed E-state index contributed by atoms with van der Waals surface area (Å²) in [5, 5.41) is 1.62. The van der Waals surface area contributed by atoms with Gasteiger partial charge in [-0.2, -0.15) is 0 Å². The molecule has 0 saturated heterocycles. The molecule has 3 heteroatoms. The summed E-state index contributed by atoms with van der Waals surface area (Å²) in [5.74, 6) is 0.0701. The molecule has 7 aromatic rings. The van der Waals surface area contributed by atoms with Gasteiger partial charge in [-0.05, 0) is 99.1 Å². The molecule has 1 unspecified atom stereocenters. The second-order valence-corrected chi connectivity index (χ2v) is 13.7. The lowest BCUT2D eigenvalue weighted by Crippen LogP contribution is -2.35. The Morgan fingerprint density at radius 3 is 1.86 bits per heavy atom. The van der Waals surface area contributed by atoms with Gasteiger partial charge in [-0.3, -0.25) is 0 Å². The van der Waals surface area contributed by atoms with Crippen molar-refractivity contribution in [2.75, 3.05) is 0 Å². The van der Waals surface area contributed by atoms with Crippen molar-refractivity contribution in [1.29, 1.82) is 0 Å². The van der Waals surface area contributed by atoms with Gasteiger partial charge in [0.1, 0.15) is 17.4 Å². The highest BCUT2D eigenvalue weighted by molar-refractivity contribution is 6.08. The van der Waals surface area contributed by atoms with Crippen molar-refractivity contribution in [3.63, 3.8) is 0 Å². The topological polar surface area (TPSA) is 9.23 Å². The Hall–Kier alpha value is -5.80. The smallest absolute Gasteiger partial charge is 0.178 e. The van der Waals surface area contributed by atoms with Crippen molar-refractivity contribution in [3.05, 3.63) is 191 Å². The second-order valence-electron chi connectivity index (χ2n) is 13.7. The third-order valence-corrected chi connectivity index (χ3v) is 11.3. The molecule has 0 amide bonds. The molecular weight excluding hydrogens is 631 g/mol. The molecule has 1 heterocycles. The van der Waals surface area contributed by atoms with Crippen molar-refractivity contribution in [1.82, 2.24) is 0 Å². The maximum atomic E-state index is 15.2. The van der Waals surface area contributed by atoms with E-state index in [-0.39, 0.29) is 11.6 Å². The lowest BCUT2D eigenvalue weighted by atomic mass is 9.71. The first-order valence-corrected chi connectivity index (χ1v) is 17.8. The molecule has 0 saturated carbocycles. The molecule has 51 heavy (non-hydrogen) atoms. The molecule has 2 aliphatic rings. The lowest BCUT2D eigenvalue weighted by Gasteiger charge is -2.39. The van der Waals surface area contributed by atoms with Gasteiger partial charge in [-0.1, -0.05) is 135 Å². The van der Waals surface area contributed by atoms with Gasteiger partial charge in [0.15, 0.2) is 5.60 Å². The first-order valence-electron chi connectivity index (χ1n) is 17.8. The fourth-order valence-electron chi connectivity index (χ4n) is 8.72. The van der Waals surface area contributed by atoms with Crippen LogP contribution in [0.5, 0.6) is 5.75 Å². The number of hydrogen-bond acceptors (Lipinski definition) is 1. The number of halogens is 2. The van der Waals surface area contributed by atoms with Crippen LogP contribution in [0.2, 0.25) is 0 Å². The first-order chi connectivity index (χ1) is 25.0. The van der Waals surface area contributed by atoms with Gasteiger partial charge in [-0.25, -0.2) is 8.78 Å². The van der Waals surface area contributed by atoms with Crippen molar-refractivity contribution >= 4 is 16.8 Å². The molecule has 1 atom stereocenters. The van der Waals surface area contributed by atoms with Gasteiger partial charge in [0, 0.05) is 27.5 Å². The highest BCUT2D eigenvalue weighted by atomic mass is 19.1. The van der Waals surface area contributed by atoms with E-state index in [2.05, 4.69) is 111 Å². The Kier molecular flexibility index (Phi) is 7.29. The fraction of sp³-hybridized carbons (Fsp3) is 0.125. The van der Waals surface area contributed by atoms with Gasteiger partial charge in [-0.15, -0.1) is 0 Å². The van der Waals surface area contributed by atoms with Crippen LogP contribution in [0.1, 0.15) is 54.5 Å². The third-order valence-electron chi connectivity index (χ3n) is 11.3. The molecular formula is C48H36F2O. The van der Waals surface area contributed by atoms with Crippen molar-refractivity contribution < 1.29 is 13.5 Å². The summed E-state index contributed by atoms with van der Waals surface area (Å²) < 4.78 is 37.6. The van der Waals surface area contributed by atoms with Crippen LogP contribution in [0.15, 0.2) is 152 Å². The minimum atomic E-state index is -0.981. The van der Waals surface area contributed by atoms with E-state index in [4.69, 9.17) is 4.74 Å². The monoisotopic (exact) mass is 666 g/mol. The molecule has 0 radical (unpaired) electrons. The highest BCUT2D eigenvalue weighted by Crippen LogP contribution is 2.60. The predicted molar refractivity (Wildman–Crippen MR) is 205 cm³/mol. The summed E-state index contributed by atoms with van der Waals surface area (Å²) in [4.78, 5) is 0. The van der Waals surface area contributed by atoms with E-state index in [9.17, 15) is 4.39 Å². The Labute approximate surface area is 297 Å². The van der Waals surface area contributed by atoms with E-state index in [0.717, 1.165) is 68.3 Å². The van der Waals surface area contributed by atoms with E-state index in [1.165, 1.54) is 23.3 Å². The third kappa shape index (κ3) is 4.72. The maximum Gasteiger partial charge on any atom is 0.178 e. The van der Waals surface area contributed by atoms with Gasteiger partial charge in [0.05, 0.1) is 0 Å². The maximum absolute atomic E-state index is 15.2. The van der Waals surface area contributed by atoms with Crippen LogP contribution >= 0.6 is 0 Å². The average molecular weight is 667 g/mol. The number of benzene rings is 7. The second kappa shape index (κ2) is 11.9. The average Bonchev–Trinajstić information content (AvgIpc) is 3.48. The zero-order valence-corrected chi connectivity index (χ0v) is 28.6. The Morgan fingerprint density at radius 1 is 0.549 bits per heavy atom. The summed E-state index contributed by atoms with van der Waals surface area (Å²) in [6.07, 6.45) is 5.91. The van der Waals surface area contributed by atoms with Gasteiger partial charge in [0.25, 0.3) is 0 Å². The van der Waals surface area contributed by atoms with Gasteiger partial charge >= 0.3 is 0 Å². The Morgan fingerprint density at radius 2 is 1.16 bits per heavy atom. The van der Waals surface area contributed by atoms with Crippen molar-refractivity contribution in [3.8, 4) is 39.1 Å². The molecule has 248 valence electrons. The molecule has 0 fully saturated rings.